The molecule has 1 fully saturated rings. The van der Waals surface area contributed by atoms with Crippen molar-refractivity contribution in [3.63, 3.8) is 0 Å². The van der Waals surface area contributed by atoms with Crippen LogP contribution in [-0.2, 0) is 49.2 Å². The maximum atomic E-state index is 13.5. The van der Waals surface area contributed by atoms with Crippen molar-refractivity contribution < 1.29 is 47.4 Å². The van der Waals surface area contributed by atoms with Crippen LogP contribution in [0.15, 0.2) is 16.4 Å². The summed E-state index contributed by atoms with van der Waals surface area (Å²) >= 11 is 11.2. The van der Waals surface area contributed by atoms with E-state index in [0.29, 0.717) is 0 Å². The first-order valence-corrected chi connectivity index (χ1v) is 15.1. The second kappa shape index (κ2) is 13.5. The van der Waals surface area contributed by atoms with E-state index in [2.05, 4.69) is 25.4 Å². The highest BCUT2D eigenvalue weighted by Gasteiger charge is 2.61. The summed E-state index contributed by atoms with van der Waals surface area (Å²) in [6.45, 7) is 6.27. The molecule has 0 saturated carbocycles. The van der Waals surface area contributed by atoms with E-state index in [1.165, 1.54) is 6.92 Å². The lowest BCUT2D eigenvalue weighted by Gasteiger charge is -2.49. The molecule has 15 nitrogen and oxygen atoms in total. The molecule has 0 spiro atoms. The molecule has 1 unspecified atom stereocenters. The van der Waals surface area contributed by atoms with Gasteiger partial charge in [0.2, 0.25) is 11.5 Å². The van der Waals surface area contributed by atoms with Gasteiger partial charge in [0.15, 0.2) is 16.9 Å². The minimum atomic E-state index is -1.75. The Hall–Kier alpha value is -2.99. The van der Waals surface area contributed by atoms with Crippen LogP contribution in [0.2, 0.25) is 4.34 Å². The number of amides is 3. The lowest BCUT2D eigenvalue weighted by molar-refractivity contribution is -0.149. The molecule has 0 radical (unpaired) electrons. The van der Waals surface area contributed by atoms with E-state index in [1.807, 2.05) is 0 Å². The highest BCUT2D eigenvalue weighted by molar-refractivity contribution is 7.92. The molecular weight excluding hydrogens is 639 g/mol. The first kappa shape index (κ1) is 33.5. The molecule has 2 aliphatic heterocycles. The molecule has 3 heterocycles. The summed E-state index contributed by atoms with van der Waals surface area (Å²) in [6.07, 6.45) is -2.10. The van der Waals surface area contributed by atoms with Gasteiger partial charge < -0.3 is 28.8 Å². The SMILES string of the molecule is BOC(=O)C1=C(CCl)C[S+]([O-])[C@@H]2[C@H](NC(=O)/C(=N\O[C@H](C)C(=O)OB)c3nc(NC(=O)OC(C)(C)C)sc3Cl)C(=O)N12. The van der Waals surface area contributed by atoms with Crippen molar-refractivity contribution in [1.29, 1.82) is 0 Å². The Morgan fingerprint density at radius 1 is 1.29 bits per heavy atom. The van der Waals surface area contributed by atoms with Crippen LogP contribution in [0.25, 0.3) is 0 Å². The number of nitrogens with one attached hydrogen (secondary N) is 2. The smallest absolute Gasteiger partial charge is 0.413 e. The van der Waals surface area contributed by atoms with Crippen LogP contribution in [0.4, 0.5) is 9.93 Å². The van der Waals surface area contributed by atoms with E-state index >= 15 is 0 Å². The molecule has 3 amide bonds. The molecule has 21 heteroatoms. The fourth-order valence-electron chi connectivity index (χ4n) is 3.68. The number of alkyl halides is 1. The third kappa shape index (κ3) is 7.31. The van der Waals surface area contributed by atoms with Gasteiger partial charge in [-0.15, -0.1) is 11.6 Å². The number of carbonyl (C=O) groups is 5. The summed E-state index contributed by atoms with van der Waals surface area (Å²) in [5.74, 6) is -3.77. The van der Waals surface area contributed by atoms with Gasteiger partial charge in [0.25, 0.3) is 11.8 Å². The zero-order valence-electron chi connectivity index (χ0n) is 23.1. The zero-order chi connectivity index (χ0) is 31.5. The number of hydrogen-bond donors (Lipinski definition) is 2. The molecular formula is C21H25B2Cl2N5O10S2. The van der Waals surface area contributed by atoms with Gasteiger partial charge in [-0.1, -0.05) is 28.1 Å². The topological polar surface area (TPSA) is 198 Å². The summed E-state index contributed by atoms with van der Waals surface area (Å²) < 4.78 is 27.4. The molecule has 1 saturated heterocycles. The van der Waals surface area contributed by atoms with Gasteiger partial charge in [0, 0.05) is 5.57 Å². The van der Waals surface area contributed by atoms with Gasteiger partial charge in [-0.05, 0) is 38.9 Å². The van der Waals surface area contributed by atoms with Crippen molar-refractivity contribution in [2.75, 3.05) is 16.9 Å². The number of carbonyl (C=O) groups excluding carboxylic acids is 5. The molecule has 2 aliphatic rings. The Bertz CT molecular complexity index is 1350. The molecule has 3 rings (SSSR count). The molecule has 4 atom stereocenters. The minimum Gasteiger partial charge on any atom is -0.614 e. The van der Waals surface area contributed by atoms with E-state index in [0.717, 1.165) is 32.3 Å². The predicted molar refractivity (Wildman–Crippen MR) is 157 cm³/mol. The van der Waals surface area contributed by atoms with Gasteiger partial charge in [-0.25, -0.2) is 19.4 Å². The maximum Gasteiger partial charge on any atom is 0.413 e. The average Bonchev–Trinajstić information content (AvgIpc) is 3.27. The number of rotatable bonds is 9. The molecule has 226 valence electrons. The molecule has 0 bridgehead atoms. The maximum absolute atomic E-state index is 13.5. The number of halogens is 2. The van der Waals surface area contributed by atoms with E-state index in [9.17, 15) is 28.5 Å². The van der Waals surface area contributed by atoms with E-state index in [1.54, 1.807) is 20.8 Å². The van der Waals surface area contributed by atoms with E-state index in [4.69, 9.17) is 37.4 Å². The van der Waals surface area contributed by atoms with Crippen molar-refractivity contribution in [2.45, 2.75) is 50.8 Å². The normalized spacial score (nSPS) is 21.0. The monoisotopic (exact) mass is 663 g/mol. The average molecular weight is 664 g/mol. The molecule has 0 aromatic carbocycles. The van der Waals surface area contributed by atoms with E-state index in [-0.39, 0.29) is 38.1 Å². The lowest BCUT2D eigenvalue weighted by Crippen LogP contribution is -2.75. The van der Waals surface area contributed by atoms with Crippen molar-refractivity contribution in [3.8, 4) is 0 Å². The number of thiazole rings is 1. The molecule has 42 heavy (non-hydrogen) atoms. The minimum absolute atomic E-state index is 0.0634. The Labute approximate surface area is 258 Å². The third-order valence-electron chi connectivity index (χ3n) is 5.50. The quantitative estimate of drug-likeness (QED) is 0.0850. The number of anilines is 1. The highest BCUT2D eigenvalue weighted by atomic mass is 35.5. The highest BCUT2D eigenvalue weighted by Crippen LogP contribution is 2.37. The summed E-state index contributed by atoms with van der Waals surface area (Å²) in [5.41, 5.74) is -1.55. The Balaban J connectivity index is 1.91. The number of aromatic nitrogens is 1. The Morgan fingerprint density at radius 2 is 1.95 bits per heavy atom. The molecule has 1 aromatic heterocycles. The molecule has 0 aliphatic carbocycles. The van der Waals surface area contributed by atoms with Crippen LogP contribution < -0.4 is 10.6 Å². The molecule has 1 aromatic rings. The Kier molecular flexibility index (Phi) is 10.8. The van der Waals surface area contributed by atoms with Gasteiger partial charge in [0.05, 0.1) is 5.88 Å². The van der Waals surface area contributed by atoms with Crippen molar-refractivity contribution >= 4 is 103 Å². The summed E-state index contributed by atoms with van der Waals surface area (Å²) in [6, 6.07) is -1.35. The van der Waals surface area contributed by atoms with Crippen LogP contribution in [0, 0.1) is 0 Å². The zero-order valence-corrected chi connectivity index (χ0v) is 26.3. The van der Waals surface area contributed by atoms with E-state index < -0.39 is 69.9 Å². The van der Waals surface area contributed by atoms with Gasteiger partial charge in [0.1, 0.15) is 27.1 Å². The first-order valence-electron chi connectivity index (χ1n) is 12.0. The first-order chi connectivity index (χ1) is 19.6. The van der Waals surface area contributed by atoms with Gasteiger partial charge in [-0.2, -0.15) is 0 Å². The van der Waals surface area contributed by atoms with Crippen LogP contribution in [0.3, 0.4) is 0 Å². The number of ether oxygens (including phenoxy) is 1. The van der Waals surface area contributed by atoms with Crippen LogP contribution >= 0.6 is 34.5 Å². The number of nitrogens with zero attached hydrogens (tertiary/aromatic N) is 3. The van der Waals surface area contributed by atoms with Crippen molar-refractivity contribution in [2.24, 2.45) is 5.16 Å². The second-order valence-corrected chi connectivity index (χ2v) is 13.0. The Morgan fingerprint density at radius 3 is 2.52 bits per heavy atom. The largest absolute Gasteiger partial charge is 0.614 e. The van der Waals surface area contributed by atoms with Crippen molar-refractivity contribution in [1.82, 2.24) is 15.2 Å². The second-order valence-electron chi connectivity index (χ2n) is 9.63. The fraction of sp³-hybridized carbons (Fsp3) is 0.476. The fourth-order valence-corrected chi connectivity index (χ4v) is 6.73. The van der Waals surface area contributed by atoms with Gasteiger partial charge in [-0.3, -0.25) is 19.8 Å². The number of hydrogen-bond acceptors (Lipinski definition) is 13. The van der Waals surface area contributed by atoms with Crippen LogP contribution in [0.1, 0.15) is 33.4 Å². The summed E-state index contributed by atoms with van der Waals surface area (Å²) in [7, 11) is 2.24. The number of oxime groups is 1. The van der Waals surface area contributed by atoms with Crippen molar-refractivity contribution in [3.05, 3.63) is 21.3 Å². The van der Waals surface area contributed by atoms with Gasteiger partial charge >= 0.3 is 34.1 Å². The van der Waals surface area contributed by atoms with Crippen LogP contribution in [0.5, 0.6) is 0 Å². The summed E-state index contributed by atoms with van der Waals surface area (Å²) in [5, 5.41) is 7.36. The standard InChI is InChI=1S/C21H25B2Cl2N5O10S2/c1-7(17(33)38-22)40-29-10(9-13(25)41-19(27-9)28-20(35)37-21(2,3)4)14(31)26-11-15(32)30-12(18(34)39-23)8(5-24)6-42(36)16(11)30/h7,11,16H,5-6,22-23H2,1-4H3,(H,26,31)(H,27,28,35)/b29-10-/t7-,11-,16-,42?/m1/s1. The number of fused-ring (bicyclic) bond motifs is 1. The predicted octanol–water partition coefficient (Wildman–Crippen LogP) is -0.656. The lowest BCUT2D eigenvalue weighted by atomic mass is 10.0. The van der Waals surface area contributed by atoms with Crippen LogP contribution in [-0.4, -0.2) is 101 Å². The molecule has 2 N–H and O–H groups in total. The third-order valence-corrected chi connectivity index (χ3v) is 8.65. The summed E-state index contributed by atoms with van der Waals surface area (Å²) in [4.78, 5) is 73.1. The number of β-lactam (4-membered cyclic amide) rings is 1.